The Morgan fingerprint density at radius 2 is 2.24 bits per heavy atom. The summed E-state index contributed by atoms with van der Waals surface area (Å²) in [6, 6.07) is 1.18. The lowest BCUT2D eigenvalue weighted by Gasteiger charge is -2.26. The van der Waals surface area contributed by atoms with E-state index in [0.717, 1.165) is 0 Å². The topological polar surface area (TPSA) is 111 Å². The van der Waals surface area contributed by atoms with Gasteiger partial charge in [-0.1, -0.05) is 5.16 Å². The average Bonchev–Trinajstić information content (AvgIpc) is 2.83. The molecule has 0 spiro atoms. The van der Waals surface area contributed by atoms with Crippen LogP contribution in [0, 0.1) is 6.92 Å². The van der Waals surface area contributed by atoms with Gasteiger partial charge in [-0.25, -0.2) is 0 Å². The second-order valence-electron chi connectivity index (χ2n) is 4.73. The van der Waals surface area contributed by atoms with Gasteiger partial charge in [0.05, 0.1) is 12.6 Å². The van der Waals surface area contributed by atoms with Crippen LogP contribution < -0.4 is 11.1 Å². The highest BCUT2D eigenvalue weighted by atomic mass is 16.5. The van der Waals surface area contributed by atoms with E-state index in [4.69, 9.17) is 15.0 Å². The van der Waals surface area contributed by atoms with Crippen molar-refractivity contribution in [2.75, 3.05) is 32.1 Å². The Hall–Kier alpha value is -1.93. The molecule has 0 fully saturated rings. The number of hydrogen-bond acceptors (Lipinski definition) is 6. The molecule has 118 valence electrons. The van der Waals surface area contributed by atoms with Crippen LogP contribution in [-0.4, -0.2) is 54.7 Å². The molecular formula is C13H22N4O4. The lowest BCUT2D eigenvalue weighted by Crippen LogP contribution is -2.45. The molecule has 0 aliphatic carbocycles. The number of carbonyl (C=O) groups excluding carboxylic acids is 2. The Morgan fingerprint density at radius 3 is 2.76 bits per heavy atom. The smallest absolute Gasteiger partial charge is 0.234 e. The molecule has 8 heteroatoms. The van der Waals surface area contributed by atoms with Crippen LogP contribution in [0.3, 0.4) is 0 Å². The number of hydrogen-bond donors (Lipinski definition) is 2. The molecule has 0 aliphatic heterocycles. The van der Waals surface area contributed by atoms with E-state index in [2.05, 4.69) is 10.5 Å². The zero-order chi connectivity index (χ0) is 15.8. The number of ether oxygens (including phenoxy) is 1. The van der Waals surface area contributed by atoms with Crippen molar-refractivity contribution in [1.29, 1.82) is 0 Å². The SMILES string of the molecule is COCCN(CCC(=O)Nc1cc(C)on1)C(C)C(N)=O. The molecule has 0 saturated heterocycles. The van der Waals surface area contributed by atoms with Gasteiger partial charge in [-0.05, 0) is 13.8 Å². The number of nitrogens with one attached hydrogen (secondary N) is 1. The number of carbonyl (C=O) groups is 2. The minimum atomic E-state index is -0.456. The minimum Gasteiger partial charge on any atom is -0.383 e. The van der Waals surface area contributed by atoms with Crippen molar-refractivity contribution in [2.24, 2.45) is 5.73 Å². The molecule has 0 bridgehead atoms. The summed E-state index contributed by atoms with van der Waals surface area (Å²) in [6.45, 7) is 4.83. The van der Waals surface area contributed by atoms with Crippen LogP contribution in [-0.2, 0) is 14.3 Å². The first kappa shape index (κ1) is 17.1. The number of nitrogens with two attached hydrogens (primary N) is 1. The van der Waals surface area contributed by atoms with Crippen LogP contribution in [0.25, 0.3) is 0 Å². The van der Waals surface area contributed by atoms with Gasteiger partial charge in [-0.15, -0.1) is 0 Å². The largest absolute Gasteiger partial charge is 0.383 e. The van der Waals surface area contributed by atoms with Gasteiger partial charge in [0, 0.05) is 32.7 Å². The first-order valence-electron chi connectivity index (χ1n) is 6.69. The molecule has 0 aromatic carbocycles. The van der Waals surface area contributed by atoms with Crippen LogP contribution in [0.4, 0.5) is 5.82 Å². The van der Waals surface area contributed by atoms with Crippen molar-refractivity contribution < 1.29 is 18.8 Å². The van der Waals surface area contributed by atoms with Gasteiger partial charge in [0.15, 0.2) is 5.82 Å². The molecule has 1 heterocycles. The fourth-order valence-corrected chi connectivity index (χ4v) is 1.76. The van der Waals surface area contributed by atoms with Crippen molar-refractivity contribution in [3.8, 4) is 0 Å². The van der Waals surface area contributed by atoms with Crippen molar-refractivity contribution in [3.63, 3.8) is 0 Å². The number of nitrogens with zero attached hydrogens (tertiary/aromatic N) is 2. The van der Waals surface area contributed by atoms with Crippen molar-refractivity contribution >= 4 is 17.6 Å². The molecule has 2 amide bonds. The summed E-state index contributed by atoms with van der Waals surface area (Å²) in [5, 5.41) is 6.31. The van der Waals surface area contributed by atoms with Crippen LogP contribution in [0.1, 0.15) is 19.1 Å². The van der Waals surface area contributed by atoms with E-state index in [9.17, 15) is 9.59 Å². The average molecular weight is 298 g/mol. The standard InChI is InChI=1S/C13H22N4O4/c1-9-8-11(16-21-9)15-12(18)4-5-17(6-7-20-3)10(2)13(14)19/h8,10H,4-7H2,1-3H3,(H2,14,19)(H,15,16,18). The lowest BCUT2D eigenvalue weighted by atomic mass is 10.2. The summed E-state index contributed by atoms with van der Waals surface area (Å²) >= 11 is 0. The number of aryl methyl sites for hydroxylation is 1. The highest BCUT2D eigenvalue weighted by Gasteiger charge is 2.19. The third-order valence-electron chi connectivity index (χ3n) is 3.06. The summed E-state index contributed by atoms with van der Waals surface area (Å²) in [6.07, 6.45) is 0.216. The van der Waals surface area contributed by atoms with Gasteiger partial charge >= 0.3 is 0 Å². The molecule has 8 nitrogen and oxygen atoms in total. The maximum Gasteiger partial charge on any atom is 0.234 e. The highest BCUT2D eigenvalue weighted by Crippen LogP contribution is 2.08. The summed E-state index contributed by atoms with van der Waals surface area (Å²) < 4.78 is 9.85. The second-order valence-corrected chi connectivity index (χ2v) is 4.73. The molecule has 0 saturated carbocycles. The van der Waals surface area contributed by atoms with Crippen molar-refractivity contribution in [2.45, 2.75) is 26.3 Å². The molecule has 3 N–H and O–H groups in total. The van der Waals surface area contributed by atoms with E-state index in [1.807, 2.05) is 0 Å². The van der Waals surface area contributed by atoms with Crippen LogP contribution in [0.5, 0.6) is 0 Å². The summed E-state index contributed by atoms with van der Waals surface area (Å²) in [4.78, 5) is 24.9. The predicted molar refractivity (Wildman–Crippen MR) is 76.6 cm³/mol. The molecule has 0 radical (unpaired) electrons. The number of rotatable bonds is 9. The predicted octanol–water partition coefficient (Wildman–Crippen LogP) is 0.134. The van der Waals surface area contributed by atoms with E-state index in [-0.39, 0.29) is 12.3 Å². The van der Waals surface area contributed by atoms with Crippen molar-refractivity contribution in [1.82, 2.24) is 10.1 Å². The first-order chi connectivity index (χ1) is 9.93. The third kappa shape index (κ3) is 5.92. The monoisotopic (exact) mass is 298 g/mol. The van der Waals surface area contributed by atoms with Gasteiger partial charge in [0.1, 0.15) is 5.76 Å². The van der Waals surface area contributed by atoms with E-state index in [1.165, 1.54) is 0 Å². The Labute approximate surface area is 123 Å². The van der Waals surface area contributed by atoms with Crippen LogP contribution in [0.15, 0.2) is 10.6 Å². The van der Waals surface area contributed by atoms with Gasteiger partial charge in [0.25, 0.3) is 0 Å². The zero-order valence-corrected chi connectivity index (χ0v) is 12.6. The minimum absolute atomic E-state index is 0.206. The zero-order valence-electron chi connectivity index (χ0n) is 12.6. The molecule has 21 heavy (non-hydrogen) atoms. The number of amides is 2. The molecule has 1 aromatic heterocycles. The Morgan fingerprint density at radius 1 is 1.52 bits per heavy atom. The van der Waals surface area contributed by atoms with Gasteiger partial charge < -0.3 is 20.3 Å². The molecule has 1 atom stereocenters. The number of anilines is 1. The van der Waals surface area contributed by atoms with E-state index in [1.54, 1.807) is 31.9 Å². The highest BCUT2D eigenvalue weighted by molar-refractivity contribution is 5.89. The lowest BCUT2D eigenvalue weighted by molar-refractivity contribution is -0.124. The summed E-state index contributed by atoms with van der Waals surface area (Å²) in [7, 11) is 1.58. The quantitative estimate of drug-likeness (QED) is 0.670. The van der Waals surface area contributed by atoms with Crippen molar-refractivity contribution in [3.05, 3.63) is 11.8 Å². The fraction of sp³-hybridized carbons (Fsp3) is 0.615. The van der Waals surface area contributed by atoms with Crippen LogP contribution >= 0.6 is 0 Å². The Bertz CT molecular complexity index is 474. The first-order valence-corrected chi connectivity index (χ1v) is 6.69. The van der Waals surface area contributed by atoms with Gasteiger partial charge in [0.2, 0.25) is 11.8 Å². The van der Waals surface area contributed by atoms with E-state index in [0.29, 0.717) is 31.3 Å². The molecule has 1 aromatic rings. The molecule has 1 unspecified atom stereocenters. The van der Waals surface area contributed by atoms with E-state index < -0.39 is 11.9 Å². The van der Waals surface area contributed by atoms with Gasteiger partial charge in [-0.3, -0.25) is 14.5 Å². The maximum atomic E-state index is 11.8. The second kappa shape index (κ2) is 8.38. The fourth-order valence-electron chi connectivity index (χ4n) is 1.76. The summed E-state index contributed by atoms with van der Waals surface area (Å²) in [5.41, 5.74) is 5.30. The maximum absolute atomic E-state index is 11.8. The normalized spacial score (nSPS) is 12.4. The number of primary amides is 1. The Kier molecular flexibility index (Phi) is 6.83. The summed E-state index contributed by atoms with van der Waals surface area (Å²) in [5.74, 6) is 0.360. The number of methoxy groups -OCH3 is 1. The molecular weight excluding hydrogens is 276 g/mol. The number of aromatic nitrogens is 1. The Balaban J connectivity index is 2.47. The van der Waals surface area contributed by atoms with E-state index >= 15 is 0 Å². The molecule has 1 rings (SSSR count). The van der Waals surface area contributed by atoms with Crippen LogP contribution in [0.2, 0.25) is 0 Å². The van der Waals surface area contributed by atoms with Gasteiger partial charge in [-0.2, -0.15) is 0 Å². The molecule has 0 aliphatic rings. The third-order valence-corrected chi connectivity index (χ3v) is 3.06.